The number of hydrogen-bond acceptors (Lipinski definition) is 3. The molecule has 1 atom stereocenters. The van der Waals surface area contributed by atoms with Gasteiger partial charge in [-0.2, -0.15) is 0 Å². The second-order valence-corrected chi connectivity index (χ2v) is 5.23. The van der Waals surface area contributed by atoms with Gasteiger partial charge in [-0.1, -0.05) is 12.1 Å². The number of benzene rings is 2. The molecule has 3 N–H and O–H groups in total. The molecule has 8 heteroatoms. The first-order valence-electron chi connectivity index (χ1n) is 7.19. The van der Waals surface area contributed by atoms with Gasteiger partial charge in [0.25, 0.3) is 5.91 Å². The van der Waals surface area contributed by atoms with Crippen molar-refractivity contribution in [2.45, 2.75) is 12.5 Å². The largest absolute Gasteiger partial charge is 0.497 e. The van der Waals surface area contributed by atoms with E-state index in [0.717, 1.165) is 0 Å². The normalized spacial score (nSPS) is 11.7. The summed E-state index contributed by atoms with van der Waals surface area (Å²) >= 11 is 0. The van der Waals surface area contributed by atoms with E-state index >= 15 is 0 Å². The van der Waals surface area contributed by atoms with Crippen LogP contribution in [-0.2, 0) is 11.2 Å². The highest BCUT2D eigenvalue weighted by Gasteiger charge is 2.24. The minimum atomic E-state index is -1.38. The van der Waals surface area contributed by atoms with E-state index in [-0.39, 0.29) is 6.42 Å². The zero-order chi connectivity index (χ0) is 18.6. The number of ether oxygens (including phenoxy) is 1. The molecule has 0 aliphatic rings. The van der Waals surface area contributed by atoms with Crippen molar-refractivity contribution in [1.82, 2.24) is 5.32 Å². The molecule has 0 aromatic heterocycles. The van der Waals surface area contributed by atoms with Crippen molar-refractivity contribution in [3.63, 3.8) is 0 Å². The maximum Gasteiger partial charge on any atom is 0.257 e. The standard InChI is InChI=1S/C17H15F3N2O3/c1-25-11-4-2-3-9(5-11)6-14(16(21)23)22-17(24)15-12(19)7-10(18)8-13(15)20/h2-5,7-8,14H,6H2,1H3,(H2,21,23)(H,22,24)/t14-/m0/s1. The van der Waals surface area contributed by atoms with Crippen molar-refractivity contribution < 1.29 is 27.5 Å². The molecule has 2 rings (SSSR count). The molecule has 0 fully saturated rings. The van der Waals surface area contributed by atoms with E-state index in [0.29, 0.717) is 23.4 Å². The summed E-state index contributed by atoms with van der Waals surface area (Å²) in [5.41, 5.74) is 4.88. The Bertz CT molecular complexity index is 788. The Kier molecular flexibility index (Phi) is 5.63. The zero-order valence-corrected chi connectivity index (χ0v) is 13.2. The number of carbonyl (C=O) groups excluding carboxylic acids is 2. The average Bonchev–Trinajstić information content (AvgIpc) is 2.53. The highest BCUT2D eigenvalue weighted by molar-refractivity contribution is 5.97. The summed E-state index contributed by atoms with van der Waals surface area (Å²) < 4.78 is 45.3. The highest BCUT2D eigenvalue weighted by atomic mass is 19.1. The van der Waals surface area contributed by atoms with Crippen molar-refractivity contribution in [1.29, 1.82) is 0 Å². The average molecular weight is 352 g/mol. The van der Waals surface area contributed by atoms with Crippen molar-refractivity contribution in [3.05, 3.63) is 65.0 Å². The van der Waals surface area contributed by atoms with Gasteiger partial charge < -0.3 is 15.8 Å². The molecule has 0 aliphatic carbocycles. The van der Waals surface area contributed by atoms with Crippen LogP contribution >= 0.6 is 0 Å². The number of nitrogens with two attached hydrogens (primary N) is 1. The van der Waals surface area contributed by atoms with Gasteiger partial charge in [0, 0.05) is 18.6 Å². The lowest BCUT2D eigenvalue weighted by molar-refractivity contribution is -0.119. The van der Waals surface area contributed by atoms with E-state index in [4.69, 9.17) is 10.5 Å². The van der Waals surface area contributed by atoms with E-state index in [1.165, 1.54) is 7.11 Å². The van der Waals surface area contributed by atoms with Crippen molar-refractivity contribution in [2.75, 3.05) is 7.11 Å². The first-order chi connectivity index (χ1) is 11.8. The first-order valence-corrected chi connectivity index (χ1v) is 7.19. The summed E-state index contributed by atoms with van der Waals surface area (Å²) in [7, 11) is 1.46. The maximum absolute atomic E-state index is 13.7. The fourth-order valence-electron chi connectivity index (χ4n) is 2.25. The van der Waals surface area contributed by atoms with Crippen molar-refractivity contribution >= 4 is 11.8 Å². The molecule has 0 bridgehead atoms. The molecule has 0 heterocycles. The molecule has 132 valence electrons. The minimum absolute atomic E-state index is 0.0112. The molecule has 5 nitrogen and oxygen atoms in total. The number of nitrogens with one attached hydrogen (secondary N) is 1. The minimum Gasteiger partial charge on any atom is -0.497 e. The fourth-order valence-corrected chi connectivity index (χ4v) is 2.25. The quantitative estimate of drug-likeness (QED) is 0.834. The molecule has 0 saturated carbocycles. The van der Waals surface area contributed by atoms with Crippen LogP contribution in [0.2, 0.25) is 0 Å². The highest BCUT2D eigenvalue weighted by Crippen LogP contribution is 2.16. The molecule has 25 heavy (non-hydrogen) atoms. The molecule has 2 aromatic rings. The number of methoxy groups -OCH3 is 1. The second kappa shape index (κ2) is 7.69. The third kappa shape index (κ3) is 4.50. The number of primary amides is 1. The molecule has 0 radical (unpaired) electrons. The van der Waals surface area contributed by atoms with Crippen LogP contribution in [0.25, 0.3) is 0 Å². The molecule has 0 unspecified atom stereocenters. The summed E-state index contributed by atoms with van der Waals surface area (Å²) in [4.78, 5) is 23.7. The smallest absolute Gasteiger partial charge is 0.257 e. The molecule has 2 aromatic carbocycles. The topological polar surface area (TPSA) is 81.4 Å². The monoisotopic (exact) mass is 352 g/mol. The Balaban J connectivity index is 2.22. The zero-order valence-electron chi connectivity index (χ0n) is 13.2. The van der Waals surface area contributed by atoms with Gasteiger partial charge in [-0.3, -0.25) is 9.59 Å². The SMILES string of the molecule is COc1cccc(C[C@H](NC(=O)c2c(F)cc(F)cc2F)C(N)=O)c1. The van der Waals surface area contributed by atoms with Gasteiger partial charge in [-0.15, -0.1) is 0 Å². The molecule has 2 amide bonds. The lowest BCUT2D eigenvalue weighted by Crippen LogP contribution is -2.46. The Morgan fingerprint density at radius 2 is 1.80 bits per heavy atom. The van der Waals surface area contributed by atoms with Crippen molar-refractivity contribution in [3.8, 4) is 5.75 Å². The maximum atomic E-state index is 13.7. The fraction of sp³-hybridized carbons (Fsp3) is 0.176. The van der Waals surface area contributed by atoms with Gasteiger partial charge in [-0.05, 0) is 17.7 Å². The predicted octanol–water partition coefficient (Wildman–Crippen LogP) is 1.94. The summed E-state index contributed by atoms with van der Waals surface area (Å²) in [6.45, 7) is 0. The van der Waals surface area contributed by atoms with E-state index in [9.17, 15) is 22.8 Å². The van der Waals surface area contributed by atoms with E-state index in [1.807, 2.05) is 0 Å². The number of carbonyl (C=O) groups is 2. The first kappa shape index (κ1) is 18.3. The predicted molar refractivity (Wildman–Crippen MR) is 83.5 cm³/mol. The van der Waals surface area contributed by atoms with Crippen LogP contribution in [0.4, 0.5) is 13.2 Å². The number of rotatable bonds is 6. The lowest BCUT2D eigenvalue weighted by Gasteiger charge is -2.16. The summed E-state index contributed by atoms with van der Waals surface area (Å²) in [6.07, 6.45) is -0.0112. The molecule has 0 saturated heterocycles. The van der Waals surface area contributed by atoms with Gasteiger partial charge in [0.2, 0.25) is 5.91 Å². The second-order valence-electron chi connectivity index (χ2n) is 5.23. The summed E-state index contributed by atoms with van der Waals surface area (Å²) in [5.74, 6) is -5.47. The third-order valence-corrected chi connectivity index (χ3v) is 3.46. The van der Waals surface area contributed by atoms with Crippen LogP contribution in [0, 0.1) is 17.5 Å². The Morgan fingerprint density at radius 1 is 1.16 bits per heavy atom. The number of halogens is 3. The molecule has 0 aliphatic heterocycles. The molecular weight excluding hydrogens is 337 g/mol. The van der Waals surface area contributed by atoms with Gasteiger partial charge in [0.1, 0.15) is 34.8 Å². The van der Waals surface area contributed by atoms with Crippen LogP contribution in [0.1, 0.15) is 15.9 Å². The van der Waals surface area contributed by atoms with E-state index < -0.39 is 40.9 Å². The van der Waals surface area contributed by atoms with Crippen LogP contribution in [-0.4, -0.2) is 25.0 Å². The Morgan fingerprint density at radius 3 is 2.36 bits per heavy atom. The summed E-state index contributed by atoms with van der Waals surface area (Å²) in [5, 5.41) is 2.16. The number of amides is 2. The summed E-state index contributed by atoms with van der Waals surface area (Å²) in [6, 6.07) is 6.19. The van der Waals surface area contributed by atoms with E-state index in [2.05, 4.69) is 5.32 Å². The van der Waals surface area contributed by atoms with Gasteiger partial charge in [0.15, 0.2) is 0 Å². The van der Waals surface area contributed by atoms with Crippen LogP contribution in [0.5, 0.6) is 5.75 Å². The molecule has 0 spiro atoms. The Hall–Kier alpha value is -3.03. The van der Waals surface area contributed by atoms with Gasteiger partial charge in [-0.25, -0.2) is 13.2 Å². The van der Waals surface area contributed by atoms with Crippen LogP contribution in [0.3, 0.4) is 0 Å². The van der Waals surface area contributed by atoms with Crippen LogP contribution in [0.15, 0.2) is 36.4 Å². The Labute approximate surface area is 141 Å². The van der Waals surface area contributed by atoms with Gasteiger partial charge in [0.05, 0.1) is 7.11 Å². The third-order valence-electron chi connectivity index (χ3n) is 3.46. The van der Waals surface area contributed by atoms with Crippen molar-refractivity contribution in [2.24, 2.45) is 5.73 Å². The molecular formula is C17H15F3N2O3. The van der Waals surface area contributed by atoms with Gasteiger partial charge >= 0.3 is 0 Å². The van der Waals surface area contributed by atoms with E-state index in [1.54, 1.807) is 24.3 Å². The van der Waals surface area contributed by atoms with Crippen LogP contribution < -0.4 is 15.8 Å². The number of hydrogen-bond donors (Lipinski definition) is 2. The lowest BCUT2D eigenvalue weighted by atomic mass is 10.0.